The second-order valence-electron chi connectivity index (χ2n) is 4.68. The summed E-state index contributed by atoms with van der Waals surface area (Å²) in [5, 5.41) is 0. The van der Waals surface area contributed by atoms with E-state index in [-0.39, 0.29) is 0 Å². The monoisotopic (exact) mass is 216 g/mol. The van der Waals surface area contributed by atoms with E-state index in [1.54, 1.807) is 0 Å². The van der Waals surface area contributed by atoms with Crippen LogP contribution in [-0.4, -0.2) is 0 Å². The normalized spacial score (nSPS) is 14.4. The van der Waals surface area contributed by atoms with Gasteiger partial charge in [-0.2, -0.15) is 0 Å². The standard InChI is InChI=1S/C17H12/c1-2-4-13-9-10-16-14(6-5-12(13)3-1)7-8-15-11-17(15)16/h1-10H,11H2. The number of hydrogen-bond donors (Lipinski definition) is 0. The highest BCUT2D eigenvalue weighted by atomic mass is 14.2. The minimum atomic E-state index is 1.18. The molecule has 0 saturated heterocycles. The molecule has 2 aliphatic rings. The molecule has 2 aliphatic carbocycles. The van der Waals surface area contributed by atoms with Gasteiger partial charge >= 0.3 is 0 Å². The van der Waals surface area contributed by atoms with E-state index < -0.39 is 0 Å². The SMILES string of the molecule is C1=Cc2ccc3c(c2C=Cc2ccccc21)C3. The summed E-state index contributed by atoms with van der Waals surface area (Å²) in [4.78, 5) is 0. The molecule has 0 nitrogen and oxygen atoms in total. The summed E-state index contributed by atoms with van der Waals surface area (Å²) in [6.07, 6.45) is 10.1. The molecule has 0 spiro atoms. The quantitative estimate of drug-likeness (QED) is 0.412. The average molecular weight is 216 g/mol. The van der Waals surface area contributed by atoms with Crippen LogP contribution < -0.4 is 0 Å². The van der Waals surface area contributed by atoms with Crippen LogP contribution in [0.5, 0.6) is 0 Å². The van der Waals surface area contributed by atoms with Gasteiger partial charge in [0.15, 0.2) is 0 Å². The Morgan fingerprint density at radius 3 is 2.18 bits per heavy atom. The Bertz CT molecular complexity index is 672. The van der Waals surface area contributed by atoms with Crippen LogP contribution in [0.15, 0.2) is 36.4 Å². The van der Waals surface area contributed by atoms with Crippen LogP contribution in [0.2, 0.25) is 0 Å². The van der Waals surface area contributed by atoms with Gasteiger partial charge < -0.3 is 0 Å². The van der Waals surface area contributed by atoms with Crippen molar-refractivity contribution in [2.24, 2.45) is 0 Å². The van der Waals surface area contributed by atoms with Gasteiger partial charge in [-0.25, -0.2) is 0 Å². The van der Waals surface area contributed by atoms with E-state index >= 15 is 0 Å². The van der Waals surface area contributed by atoms with Crippen molar-refractivity contribution < 1.29 is 0 Å². The predicted molar refractivity (Wildman–Crippen MR) is 73.5 cm³/mol. The minimum Gasteiger partial charge on any atom is -0.0616 e. The Hall–Kier alpha value is -2.08. The second-order valence-corrected chi connectivity index (χ2v) is 4.68. The molecular weight excluding hydrogens is 204 g/mol. The van der Waals surface area contributed by atoms with Crippen LogP contribution in [0.1, 0.15) is 33.4 Å². The fourth-order valence-electron chi connectivity index (χ4n) is 2.54. The van der Waals surface area contributed by atoms with Crippen molar-refractivity contribution in [1.29, 1.82) is 0 Å². The molecule has 2 aromatic rings. The molecule has 2 aromatic carbocycles. The summed E-state index contributed by atoms with van der Waals surface area (Å²) in [5.41, 5.74) is 8.38. The third-order valence-electron chi connectivity index (χ3n) is 3.60. The van der Waals surface area contributed by atoms with Crippen molar-refractivity contribution in [3.05, 3.63) is 69.8 Å². The average Bonchev–Trinajstić information content (AvgIpc) is 3.10. The summed E-state index contributed by atoms with van der Waals surface area (Å²) < 4.78 is 0. The zero-order valence-electron chi connectivity index (χ0n) is 9.48. The topological polar surface area (TPSA) is 0 Å². The first-order chi connectivity index (χ1) is 8.42. The van der Waals surface area contributed by atoms with Crippen molar-refractivity contribution in [2.45, 2.75) is 6.42 Å². The first kappa shape index (κ1) is 9.00. The summed E-state index contributed by atoms with van der Waals surface area (Å²) in [5.74, 6) is 0. The fraction of sp³-hybridized carbons (Fsp3) is 0.0588. The van der Waals surface area contributed by atoms with Crippen molar-refractivity contribution in [3.63, 3.8) is 0 Å². The molecule has 0 unspecified atom stereocenters. The number of benzene rings is 2. The molecule has 0 radical (unpaired) electrons. The molecule has 0 fully saturated rings. The molecule has 0 heterocycles. The van der Waals surface area contributed by atoms with Crippen LogP contribution in [0, 0.1) is 0 Å². The van der Waals surface area contributed by atoms with E-state index in [9.17, 15) is 0 Å². The van der Waals surface area contributed by atoms with Gasteiger partial charge in [0.2, 0.25) is 0 Å². The van der Waals surface area contributed by atoms with Gasteiger partial charge in [0.05, 0.1) is 0 Å². The maximum Gasteiger partial charge on any atom is -0.00137 e. The Morgan fingerprint density at radius 1 is 0.647 bits per heavy atom. The first-order valence-corrected chi connectivity index (χ1v) is 6.02. The van der Waals surface area contributed by atoms with Gasteiger partial charge in [-0.1, -0.05) is 60.7 Å². The molecule has 0 bridgehead atoms. The molecule has 0 atom stereocenters. The van der Waals surface area contributed by atoms with Crippen molar-refractivity contribution in [1.82, 2.24) is 0 Å². The van der Waals surface area contributed by atoms with Crippen molar-refractivity contribution in [3.8, 4) is 0 Å². The van der Waals surface area contributed by atoms with Crippen molar-refractivity contribution >= 4 is 24.3 Å². The number of fused-ring (bicyclic) bond motifs is 4. The van der Waals surface area contributed by atoms with E-state index in [1.165, 1.54) is 39.8 Å². The molecule has 17 heavy (non-hydrogen) atoms. The number of hydrogen-bond acceptors (Lipinski definition) is 0. The van der Waals surface area contributed by atoms with E-state index in [0.717, 1.165) is 0 Å². The lowest BCUT2D eigenvalue weighted by molar-refractivity contribution is 1.57. The summed E-state index contributed by atoms with van der Waals surface area (Å²) in [6, 6.07) is 13.0. The Morgan fingerprint density at radius 2 is 1.35 bits per heavy atom. The molecule has 0 saturated carbocycles. The highest BCUT2D eigenvalue weighted by molar-refractivity contribution is 5.88. The molecular formula is C17H12. The smallest absolute Gasteiger partial charge is 0.00137 e. The molecule has 80 valence electrons. The highest BCUT2D eigenvalue weighted by Crippen LogP contribution is 2.36. The van der Waals surface area contributed by atoms with Gasteiger partial charge in [0, 0.05) is 0 Å². The maximum absolute atomic E-state index is 2.27. The van der Waals surface area contributed by atoms with Crippen LogP contribution in [0.4, 0.5) is 0 Å². The van der Waals surface area contributed by atoms with Gasteiger partial charge in [-0.3, -0.25) is 0 Å². The van der Waals surface area contributed by atoms with Gasteiger partial charge in [0.25, 0.3) is 0 Å². The minimum absolute atomic E-state index is 1.18. The molecule has 0 aliphatic heterocycles. The Labute approximate surface area is 101 Å². The lowest BCUT2D eigenvalue weighted by atomic mass is 9.98. The van der Waals surface area contributed by atoms with Crippen molar-refractivity contribution in [2.75, 3.05) is 0 Å². The van der Waals surface area contributed by atoms with E-state index in [4.69, 9.17) is 0 Å². The first-order valence-electron chi connectivity index (χ1n) is 6.02. The van der Waals surface area contributed by atoms with Crippen LogP contribution >= 0.6 is 0 Å². The molecule has 0 amide bonds. The van der Waals surface area contributed by atoms with E-state index in [1.807, 2.05) is 0 Å². The Kier molecular flexibility index (Phi) is 1.70. The highest BCUT2D eigenvalue weighted by Gasteiger charge is 2.21. The summed E-state index contributed by atoms with van der Waals surface area (Å²) in [6.45, 7) is 0. The molecule has 4 rings (SSSR count). The zero-order valence-corrected chi connectivity index (χ0v) is 9.48. The molecule has 0 N–H and O–H groups in total. The third kappa shape index (κ3) is 1.38. The predicted octanol–water partition coefficient (Wildman–Crippen LogP) is 4.25. The number of rotatable bonds is 0. The van der Waals surface area contributed by atoms with Gasteiger partial charge in [-0.15, -0.1) is 0 Å². The van der Waals surface area contributed by atoms with Gasteiger partial charge in [0.1, 0.15) is 0 Å². The summed E-state index contributed by atoms with van der Waals surface area (Å²) in [7, 11) is 0. The molecule has 0 heteroatoms. The lowest BCUT2D eigenvalue weighted by Crippen LogP contribution is -1.85. The Balaban J connectivity index is 1.94. The lowest BCUT2D eigenvalue weighted by Gasteiger charge is -2.06. The second kappa shape index (κ2) is 3.21. The summed E-state index contributed by atoms with van der Waals surface area (Å²) >= 11 is 0. The van der Waals surface area contributed by atoms with Crippen LogP contribution in [0.3, 0.4) is 0 Å². The largest absolute Gasteiger partial charge is 0.0616 e. The molecule has 0 aromatic heterocycles. The third-order valence-corrected chi connectivity index (χ3v) is 3.60. The van der Waals surface area contributed by atoms with Gasteiger partial charge in [-0.05, 0) is 39.8 Å². The van der Waals surface area contributed by atoms with E-state index in [0.29, 0.717) is 0 Å². The fourth-order valence-corrected chi connectivity index (χ4v) is 2.54. The van der Waals surface area contributed by atoms with E-state index in [2.05, 4.69) is 60.7 Å². The van der Waals surface area contributed by atoms with Crippen LogP contribution in [-0.2, 0) is 6.42 Å². The zero-order chi connectivity index (χ0) is 11.2. The maximum atomic E-state index is 2.27. The van der Waals surface area contributed by atoms with Crippen LogP contribution in [0.25, 0.3) is 24.3 Å².